The van der Waals surface area contributed by atoms with Crippen molar-refractivity contribution >= 4 is 21.4 Å². The quantitative estimate of drug-likeness (QED) is 0.0836. The molecular formula is C27H21F7N2O4S. The van der Waals surface area contributed by atoms with E-state index in [4.69, 9.17) is 15.7 Å². The van der Waals surface area contributed by atoms with Crippen molar-refractivity contribution < 1.29 is 49.1 Å². The zero-order valence-corrected chi connectivity index (χ0v) is 21.8. The van der Waals surface area contributed by atoms with E-state index in [1.165, 1.54) is 31.2 Å². The van der Waals surface area contributed by atoms with E-state index >= 15 is 0 Å². The molecule has 1 unspecified atom stereocenters. The van der Waals surface area contributed by atoms with Crippen LogP contribution in [0.5, 0.6) is 0 Å². The third-order valence-electron chi connectivity index (χ3n) is 6.36. The molecule has 0 saturated carbocycles. The number of amidine groups is 1. The van der Waals surface area contributed by atoms with Crippen LogP contribution in [0.25, 0.3) is 5.76 Å². The van der Waals surface area contributed by atoms with Gasteiger partial charge in [0.2, 0.25) is 9.84 Å². The van der Waals surface area contributed by atoms with Crippen molar-refractivity contribution in [1.82, 2.24) is 0 Å². The van der Waals surface area contributed by atoms with Gasteiger partial charge in [-0.25, -0.2) is 12.8 Å². The van der Waals surface area contributed by atoms with Crippen LogP contribution in [-0.4, -0.2) is 25.1 Å². The van der Waals surface area contributed by atoms with E-state index in [2.05, 4.69) is 5.16 Å². The molecule has 1 heterocycles. The minimum atomic E-state index is -5.07. The minimum Gasteiger partial charge on any atom is -0.485 e. The Kier molecular flexibility index (Phi) is 7.58. The number of sulfone groups is 1. The number of nitrogens with two attached hydrogens (primary N) is 1. The summed E-state index contributed by atoms with van der Waals surface area (Å²) in [7, 11) is -4.37. The molecule has 3 N–H and O–H groups in total. The van der Waals surface area contributed by atoms with Crippen LogP contribution in [0.4, 0.5) is 30.7 Å². The maximum Gasteiger partial charge on any atom is 0.416 e. The number of halogens is 7. The van der Waals surface area contributed by atoms with Gasteiger partial charge in [-0.1, -0.05) is 29.4 Å². The fourth-order valence-electron chi connectivity index (χ4n) is 4.45. The number of alkyl halides is 6. The molecule has 0 amide bonds. The van der Waals surface area contributed by atoms with E-state index < -0.39 is 57.6 Å². The lowest BCUT2D eigenvalue weighted by molar-refractivity contribution is -0.143. The van der Waals surface area contributed by atoms with Crippen LogP contribution in [-0.2, 0) is 33.3 Å². The van der Waals surface area contributed by atoms with Gasteiger partial charge in [0.05, 0.1) is 20.9 Å². The molecule has 41 heavy (non-hydrogen) atoms. The molecule has 3 aromatic carbocycles. The lowest BCUT2D eigenvalue weighted by Crippen LogP contribution is -2.28. The lowest BCUT2D eigenvalue weighted by atomic mass is 9.91. The first kappa shape index (κ1) is 29.9. The van der Waals surface area contributed by atoms with Crippen LogP contribution in [0, 0.1) is 5.82 Å². The molecule has 0 spiro atoms. The molecule has 6 nitrogen and oxygen atoms in total. The normalized spacial score (nSPS) is 18.5. The monoisotopic (exact) mass is 602 g/mol. The number of rotatable bonds is 6. The molecule has 3 aromatic rings. The van der Waals surface area contributed by atoms with Crippen LogP contribution in [0.2, 0.25) is 0 Å². The van der Waals surface area contributed by atoms with Crippen LogP contribution in [0.15, 0.2) is 81.7 Å². The molecule has 1 aliphatic rings. The van der Waals surface area contributed by atoms with Gasteiger partial charge in [0.15, 0.2) is 5.84 Å². The largest absolute Gasteiger partial charge is 0.485 e. The average Bonchev–Trinajstić information content (AvgIpc) is 3.25. The van der Waals surface area contributed by atoms with E-state index in [-0.39, 0.29) is 44.2 Å². The van der Waals surface area contributed by atoms with Crippen molar-refractivity contribution in [2.24, 2.45) is 10.9 Å². The summed E-state index contributed by atoms with van der Waals surface area (Å²) in [6.07, 6.45) is -11.1. The Hall–Kier alpha value is -4.07. The van der Waals surface area contributed by atoms with Gasteiger partial charge in [0, 0.05) is 24.0 Å². The smallest absolute Gasteiger partial charge is 0.416 e. The topological polar surface area (TPSA) is 102 Å². The summed E-state index contributed by atoms with van der Waals surface area (Å²) in [6.45, 7) is 1.36. The molecule has 0 aliphatic carbocycles. The second kappa shape index (κ2) is 10.4. The molecule has 4 rings (SSSR count). The van der Waals surface area contributed by atoms with E-state index in [9.17, 15) is 39.2 Å². The highest BCUT2D eigenvalue weighted by molar-refractivity contribution is 7.95. The van der Waals surface area contributed by atoms with Crippen LogP contribution in [0.3, 0.4) is 0 Å². The molecule has 0 radical (unpaired) electrons. The van der Waals surface area contributed by atoms with E-state index in [1.807, 2.05) is 0 Å². The Bertz CT molecular complexity index is 1600. The molecule has 14 heteroatoms. The standard InChI is InChI=1S/C27H21F7N2O4S/c1-25(13-15-10-18(26(29,30)31)12-19(11-15)27(32,33)34)14-22(41(38,39)21-8-6-20(28)7-9-21)23(40-25)16-2-4-17(5-3-16)24(35)36-37/h2-12,37H,13-14H2,1H3,(H2,35,36). The first-order valence-electron chi connectivity index (χ1n) is 11.7. The van der Waals surface area contributed by atoms with Gasteiger partial charge in [-0.2, -0.15) is 26.3 Å². The molecule has 218 valence electrons. The van der Waals surface area contributed by atoms with Crippen LogP contribution >= 0.6 is 0 Å². The van der Waals surface area contributed by atoms with Gasteiger partial charge in [0.1, 0.15) is 17.2 Å². The van der Waals surface area contributed by atoms with Gasteiger partial charge in [-0.05, 0) is 55.0 Å². The summed E-state index contributed by atoms with van der Waals surface area (Å²) in [6, 6.07) is 10.6. The summed E-state index contributed by atoms with van der Waals surface area (Å²) in [4.78, 5) is -0.614. The van der Waals surface area contributed by atoms with Crippen molar-refractivity contribution in [3.8, 4) is 0 Å². The third-order valence-corrected chi connectivity index (χ3v) is 8.23. The number of nitrogens with zero attached hydrogens (tertiary/aromatic N) is 1. The zero-order valence-electron chi connectivity index (χ0n) is 21.0. The Labute approximate surface area is 229 Å². The van der Waals surface area contributed by atoms with Gasteiger partial charge < -0.3 is 15.7 Å². The van der Waals surface area contributed by atoms with E-state index in [1.54, 1.807) is 0 Å². The maximum absolute atomic E-state index is 13.6. The summed E-state index contributed by atoms with van der Waals surface area (Å²) in [5, 5.41) is 11.8. The first-order valence-corrected chi connectivity index (χ1v) is 13.2. The van der Waals surface area contributed by atoms with E-state index in [0.717, 1.165) is 24.3 Å². The zero-order chi connectivity index (χ0) is 30.4. The Morgan fingerprint density at radius 1 is 0.951 bits per heavy atom. The molecule has 1 atom stereocenters. The minimum absolute atomic E-state index is 0.00161. The molecule has 0 aromatic heterocycles. The average molecular weight is 603 g/mol. The SMILES string of the molecule is CC1(Cc2cc(C(F)(F)F)cc(C(F)(F)F)c2)CC(S(=O)(=O)c2ccc(F)cc2)=C(c2ccc(/C(N)=N/O)cc2)O1. The molecule has 0 bridgehead atoms. The number of ether oxygens (including phenoxy) is 1. The van der Waals surface area contributed by atoms with Gasteiger partial charge >= 0.3 is 12.4 Å². The maximum atomic E-state index is 13.6. The second-order valence-electron chi connectivity index (χ2n) is 9.59. The van der Waals surface area contributed by atoms with Crippen molar-refractivity contribution in [3.63, 3.8) is 0 Å². The van der Waals surface area contributed by atoms with Crippen molar-refractivity contribution in [3.05, 3.63) is 105 Å². The Morgan fingerprint density at radius 2 is 1.49 bits per heavy atom. The fourth-order valence-corrected chi connectivity index (χ4v) is 6.13. The Morgan fingerprint density at radius 3 is 1.98 bits per heavy atom. The summed E-state index contributed by atoms with van der Waals surface area (Å²) in [5.74, 6) is -1.15. The summed E-state index contributed by atoms with van der Waals surface area (Å²) < 4.78 is 127. The number of hydrogen-bond acceptors (Lipinski definition) is 5. The van der Waals surface area contributed by atoms with Crippen LogP contribution < -0.4 is 5.73 Å². The highest BCUT2D eigenvalue weighted by Crippen LogP contribution is 2.46. The van der Waals surface area contributed by atoms with Gasteiger partial charge in [-0.3, -0.25) is 0 Å². The third kappa shape index (κ3) is 6.32. The predicted octanol–water partition coefficient (Wildman–Crippen LogP) is 6.52. The summed E-state index contributed by atoms with van der Waals surface area (Å²) >= 11 is 0. The number of hydrogen-bond donors (Lipinski definition) is 2. The van der Waals surface area contributed by atoms with Crippen molar-refractivity contribution in [1.29, 1.82) is 0 Å². The second-order valence-corrected chi connectivity index (χ2v) is 11.6. The van der Waals surface area contributed by atoms with Crippen molar-refractivity contribution in [2.75, 3.05) is 0 Å². The fraction of sp³-hybridized carbons (Fsp3) is 0.222. The number of oxime groups is 1. The first-order chi connectivity index (χ1) is 18.9. The highest BCUT2D eigenvalue weighted by atomic mass is 32.2. The molecule has 0 fully saturated rings. The van der Waals surface area contributed by atoms with Crippen molar-refractivity contribution in [2.45, 2.75) is 42.6 Å². The van der Waals surface area contributed by atoms with E-state index in [0.29, 0.717) is 12.1 Å². The summed E-state index contributed by atoms with van der Waals surface area (Å²) in [5.41, 5.74) is 1.00. The molecular weight excluding hydrogens is 581 g/mol. The molecule has 1 aliphatic heterocycles. The van der Waals surface area contributed by atoms with Crippen LogP contribution in [0.1, 0.15) is 41.2 Å². The predicted molar refractivity (Wildman–Crippen MR) is 134 cm³/mol. The van der Waals surface area contributed by atoms with Gasteiger partial charge in [0.25, 0.3) is 0 Å². The number of benzene rings is 3. The Balaban J connectivity index is 1.81. The highest BCUT2D eigenvalue weighted by Gasteiger charge is 2.44. The molecule has 0 saturated heterocycles. The van der Waals surface area contributed by atoms with Gasteiger partial charge in [-0.15, -0.1) is 0 Å². The lowest BCUT2D eigenvalue weighted by Gasteiger charge is -2.26.